The Kier molecular flexibility index (Phi) is 3.31. The Morgan fingerprint density at radius 2 is 1.85 bits per heavy atom. The van der Waals surface area contributed by atoms with Gasteiger partial charge in [-0.3, -0.25) is 10.1 Å². The van der Waals surface area contributed by atoms with E-state index in [4.69, 9.17) is 4.98 Å². The highest BCUT2D eigenvalue weighted by atomic mass is 15.1. The average molecular weight is 338 g/mol. The number of hydrogen-bond acceptors (Lipinski definition) is 5. The molecule has 0 spiro atoms. The Labute approximate surface area is 149 Å². The van der Waals surface area contributed by atoms with Crippen LogP contribution in [0, 0.1) is 0 Å². The van der Waals surface area contributed by atoms with Crippen LogP contribution in [0.2, 0.25) is 0 Å². The predicted molar refractivity (Wildman–Crippen MR) is 102 cm³/mol. The molecule has 0 unspecified atom stereocenters. The standard InChI is InChI=1S/C20H14N6/c1-2-6-18-16(5-1)20(25-19(24-18)13-4-3-9-21-11-13)23-15-7-8-17-14(10-15)12-22-26-17/h1-12H,(H,22,26)(H,23,24,25). The molecule has 2 aromatic carbocycles. The van der Waals surface area contributed by atoms with Crippen LogP contribution in [-0.4, -0.2) is 25.1 Å². The van der Waals surface area contributed by atoms with Gasteiger partial charge in [-0.25, -0.2) is 9.97 Å². The largest absolute Gasteiger partial charge is 0.340 e. The third-order valence-electron chi connectivity index (χ3n) is 4.23. The number of nitrogens with zero attached hydrogens (tertiary/aromatic N) is 4. The lowest BCUT2D eigenvalue weighted by Gasteiger charge is -2.11. The number of aromatic amines is 1. The summed E-state index contributed by atoms with van der Waals surface area (Å²) in [5, 5.41) is 12.5. The first-order valence-corrected chi connectivity index (χ1v) is 8.24. The fraction of sp³-hybridized carbons (Fsp3) is 0. The topological polar surface area (TPSA) is 79.4 Å². The summed E-state index contributed by atoms with van der Waals surface area (Å²) in [4.78, 5) is 13.6. The van der Waals surface area contributed by atoms with Gasteiger partial charge in [-0.2, -0.15) is 5.10 Å². The second-order valence-electron chi connectivity index (χ2n) is 5.95. The maximum atomic E-state index is 4.75. The van der Waals surface area contributed by atoms with Gasteiger partial charge in [0.1, 0.15) is 5.82 Å². The van der Waals surface area contributed by atoms with Crippen molar-refractivity contribution in [2.45, 2.75) is 0 Å². The lowest BCUT2D eigenvalue weighted by atomic mass is 10.2. The number of H-pyrrole nitrogens is 1. The van der Waals surface area contributed by atoms with Gasteiger partial charge in [0.2, 0.25) is 0 Å². The van der Waals surface area contributed by atoms with Crippen LogP contribution in [0.3, 0.4) is 0 Å². The summed E-state index contributed by atoms with van der Waals surface area (Å²) in [5.74, 6) is 1.40. The van der Waals surface area contributed by atoms with Gasteiger partial charge in [-0.1, -0.05) is 12.1 Å². The molecule has 3 aromatic heterocycles. The molecule has 0 saturated carbocycles. The van der Waals surface area contributed by atoms with Gasteiger partial charge in [-0.15, -0.1) is 0 Å². The molecular formula is C20H14N6. The molecule has 0 aliphatic rings. The lowest BCUT2D eigenvalue weighted by Crippen LogP contribution is -1.99. The normalized spacial score (nSPS) is 11.1. The molecule has 0 amide bonds. The van der Waals surface area contributed by atoms with Gasteiger partial charge >= 0.3 is 0 Å². The molecule has 0 radical (unpaired) electrons. The van der Waals surface area contributed by atoms with Crippen LogP contribution in [0.15, 0.2) is 73.2 Å². The number of aromatic nitrogens is 5. The predicted octanol–water partition coefficient (Wildman–Crippen LogP) is 4.31. The zero-order chi connectivity index (χ0) is 17.3. The van der Waals surface area contributed by atoms with E-state index in [9.17, 15) is 0 Å². The van der Waals surface area contributed by atoms with Crippen molar-refractivity contribution >= 4 is 33.3 Å². The molecule has 5 rings (SSSR count). The van der Waals surface area contributed by atoms with Gasteiger partial charge in [-0.05, 0) is 42.5 Å². The fourth-order valence-corrected chi connectivity index (χ4v) is 2.95. The van der Waals surface area contributed by atoms with E-state index in [0.717, 1.165) is 38.9 Å². The average Bonchev–Trinajstić information content (AvgIpc) is 3.16. The maximum absolute atomic E-state index is 4.75. The van der Waals surface area contributed by atoms with Crippen molar-refractivity contribution in [3.05, 3.63) is 73.2 Å². The molecule has 6 nitrogen and oxygen atoms in total. The molecule has 2 N–H and O–H groups in total. The first kappa shape index (κ1) is 14.5. The van der Waals surface area contributed by atoms with E-state index in [2.05, 4.69) is 25.5 Å². The summed E-state index contributed by atoms with van der Waals surface area (Å²) in [7, 11) is 0. The van der Waals surface area contributed by atoms with Crippen LogP contribution in [0.25, 0.3) is 33.2 Å². The Morgan fingerprint density at radius 3 is 2.77 bits per heavy atom. The number of hydrogen-bond donors (Lipinski definition) is 2. The molecule has 26 heavy (non-hydrogen) atoms. The SMILES string of the molecule is c1cncc(-c2nc(Nc3ccc4[nH]ncc4c3)c3ccccc3n2)c1. The van der Waals surface area contributed by atoms with Crippen LogP contribution < -0.4 is 5.32 Å². The van der Waals surface area contributed by atoms with Crippen molar-refractivity contribution in [3.8, 4) is 11.4 Å². The molecule has 0 fully saturated rings. The minimum absolute atomic E-state index is 0.642. The summed E-state index contributed by atoms with van der Waals surface area (Å²) in [5.41, 5.74) is 3.71. The molecule has 0 aliphatic heterocycles. The van der Waals surface area contributed by atoms with Crippen LogP contribution in [0.5, 0.6) is 0 Å². The summed E-state index contributed by atoms with van der Waals surface area (Å²) in [6.07, 6.45) is 5.31. The molecule has 5 aromatic rings. The highest BCUT2D eigenvalue weighted by Crippen LogP contribution is 2.28. The third-order valence-corrected chi connectivity index (χ3v) is 4.23. The quantitative estimate of drug-likeness (QED) is 0.512. The van der Waals surface area contributed by atoms with Crippen molar-refractivity contribution < 1.29 is 0 Å². The number of para-hydroxylation sites is 1. The Hall–Kier alpha value is -3.80. The Morgan fingerprint density at radius 1 is 0.885 bits per heavy atom. The summed E-state index contributed by atoms with van der Waals surface area (Å²) >= 11 is 0. The molecule has 0 aliphatic carbocycles. The fourth-order valence-electron chi connectivity index (χ4n) is 2.95. The van der Waals surface area contributed by atoms with Gasteiger partial charge in [0, 0.05) is 34.4 Å². The minimum Gasteiger partial charge on any atom is -0.340 e. The molecular weight excluding hydrogens is 324 g/mol. The first-order valence-electron chi connectivity index (χ1n) is 8.24. The van der Waals surface area contributed by atoms with Crippen LogP contribution in [0.4, 0.5) is 11.5 Å². The van der Waals surface area contributed by atoms with E-state index >= 15 is 0 Å². The summed E-state index contributed by atoms with van der Waals surface area (Å²) in [6, 6.07) is 17.8. The maximum Gasteiger partial charge on any atom is 0.163 e. The van der Waals surface area contributed by atoms with Crippen LogP contribution in [0.1, 0.15) is 0 Å². The van der Waals surface area contributed by atoms with Gasteiger partial charge < -0.3 is 5.32 Å². The van der Waals surface area contributed by atoms with E-state index in [1.165, 1.54) is 0 Å². The number of nitrogens with one attached hydrogen (secondary N) is 2. The van der Waals surface area contributed by atoms with Crippen LogP contribution >= 0.6 is 0 Å². The van der Waals surface area contributed by atoms with E-state index in [0.29, 0.717) is 5.82 Å². The Balaban J connectivity index is 1.65. The Bertz CT molecular complexity index is 1210. The lowest BCUT2D eigenvalue weighted by molar-refractivity contribution is 1.12. The number of anilines is 2. The second kappa shape index (κ2) is 5.93. The molecule has 0 atom stereocenters. The first-order chi connectivity index (χ1) is 12.9. The summed E-state index contributed by atoms with van der Waals surface area (Å²) in [6.45, 7) is 0. The zero-order valence-electron chi connectivity index (χ0n) is 13.7. The van der Waals surface area contributed by atoms with E-state index in [1.807, 2.05) is 54.6 Å². The van der Waals surface area contributed by atoms with Crippen molar-refractivity contribution in [2.24, 2.45) is 0 Å². The molecule has 0 bridgehead atoms. The van der Waals surface area contributed by atoms with Crippen molar-refractivity contribution in [1.82, 2.24) is 25.1 Å². The molecule has 124 valence electrons. The van der Waals surface area contributed by atoms with E-state index < -0.39 is 0 Å². The molecule has 0 saturated heterocycles. The highest BCUT2D eigenvalue weighted by Gasteiger charge is 2.10. The summed E-state index contributed by atoms with van der Waals surface area (Å²) < 4.78 is 0. The van der Waals surface area contributed by atoms with Crippen molar-refractivity contribution in [1.29, 1.82) is 0 Å². The second-order valence-corrected chi connectivity index (χ2v) is 5.95. The highest BCUT2D eigenvalue weighted by molar-refractivity contribution is 5.93. The van der Waals surface area contributed by atoms with Crippen molar-refractivity contribution in [3.63, 3.8) is 0 Å². The van der Waals surface area contributed by atoms with Gasteiger partial charge in [0.15, 0.2) is 5.82 Å². The monoisotopic (exact) mass is 338 g/mol. The number of pyridine rings is 1. The van der Waals surface area contributed by atoms with Gasteiger partial charge in [0.05, 0.1) is 17.2 Å². The van der Waals surface area contributed by atoms with Crippen molar-refractivity contribution in [2.75, 3.05) is 5.32 Å². The number of fused-ring (bicyclic) bond motifs is 2. The number of benzene rings is 2. The molecule has 3 heterocycles. The minimum atomic E-state index is 0.642. The van der Waals surface area contributed by atoms with Crippen LogP contribution in [-0.2, 0) is 0 Å². The molecule has 6 heteroatoms. The third kappa shape index (κ3) is 2.53. The number of rotatable bonds is 3. The zero-order valence-corrected chi connectivity index (χ0v) is 13.7. The van der Waals surface area contributed by atoms with E-state index in [-0.39, 0.29) is 0 Å². The van der Waals surface area contributed by atoms with E-state index in [1.54, 1.807) is 18.6 Å². The smallest absolute Gasteiger partial charge is 0.163 e. The van der Waals surface area contributed by atoms with Gasteiger partial charge in [0.25, 0.3) is 0 Å².